The van der Waals surface area contributed by atoms with Crippen LogP contribution in [0.3, 0.4) is 0 Å². The van der Waals surface area contributed by atoms with Crippen molar-refractivity contribution in [3.8, 4) is 11.5 Å². The highest BCUT2D eigenvalue weighted by atomic mass is 16.5. The molecule has 7 nitrogen and oxygen atoms in total. The van der Waals surface area contributed by atoms with Gasteiger partial charge in [-0.1, -0.05) is 12.1 Å². The maximum Gasteiger partial charge on any atom is 0.296 e. The van der Waals surface area contributed by atoms with Crippen LogP contribution in [0.2, 0.25) is 0 Å². The standard InChI is InChI=1S/C26H23NO6/c1-15-11-18-12-17(8-9-21(18)33-15)24(28)22-23(16-5-3-6-19(13-16)31-2)27(26(30)25(22)29)14-20-7-4-10-32-20/h3-10,12-13,15,23,28H,11,14H2,1-2H3. The Labute approximate surface area is 190 Å². The zero-order valence-corrected chi connectivity index (χ0v) is 18.3. The minimum atomic E-state index is -0.798. The van der Waals surface area contributed by atoms with Gasteiger partial charge < -0.3 is 23.9 Å². The minimum absolute atomic E-state index is 0.0340. The van der Waals surface area contributed by atoms with E-state index >= 15 is 0 Å². The van der Waals surface area contributed by atoms with Crippen LogP contribution in [0.15, 0.2) is 70.9 Å². The second-order valence-electron chi connectivity index (χ2n) is 8.24. The molecule has 1 N–H and O–H groups in total. The van der Waals surface area contributed by atoms with E-state index in [9.17, 15) is 14.7 Å². The van der Waals surface area contributed by atoms with Crippen LogP contribution in [0, 0.1) is 0 Å². The van der Waals surface area contributed by atoms with Gasteiger partial charge in [0.1, 0.15) is 29.1 Å². The second kappa shape index (κ2) is 8.16. The molecule has 2 unspecified atom stereocenters. The number of fused-ring (bicyclic) bond motifs is 1. The van der Waals surface area contributed by atoms with Crippen molar-refractivity contribution in [2.45, 2.75) is 32.0 Å². The van der Waals surface area contributed by atoms with Crippen molar-refractivity contribution >= 4 is 17.4 Å². The normalized spacial score (nSPS) is 21.2. The van der Waals surface area contributed by atoms with Crippen LogP contribution < -0.4 is 9.47 Å². The van der Waals surface area contributed by atoms with Crippen molar-refractivity contribution in [2.24, 2.45) is 0 Å². The summed E-state index contributed by atoms with van der Waals surface area (Å²) in [5, 5.41) is 11.3. The van der Waals surface area contributed by atoms with E-state index in [0.29, 0.717) is 29.1 Å². The third kappa shape index (κ3) is 3.65. The first-order chi connectivity index (χ1) is 16.0. The van der Waals surface area contributed by atoms with Gasteiger partial charge in [-0.3, -0.25) is 9.59 Å². The number of hydrogen-bond acceptors (Lipinski definition) is 6. The summed E-state index contributed by atoms with van der Waals surface area (Å²) < 4.78 is 16.5. The summed E-state index contributed by atoms with van der Waals surface area (Å²) >= 11 is 0. The first-order valence-corrected chi connectivity index (χ1v) is 10.7. The van der Waals surface area contributed by atoms with E-state index in [1.807, 2.05) is 13.0 Å². The van der Waals surface area contributed by atoms with E-state index in [-0.39, 0.29) is 24.0 Å². The molecule has 0 radical (unpaired) electrons. The van der Waals surface area contributed by atoms with Gasteiger partial charge >= 0.3 is 0 Å². The van der Waals surface area contributed by atoms with E-state index in [4.69, 9.17) is 13.9 Å². The predicted molar refractivity (Wildman–Crippen MR) is 120 cm³/mol. The number of ether oxygens (including phenoxy) is 2. The molecule has 3 heterocycles. The number of methoxy groups -OCH3 is 1. The Balaban J connectivity index is 1.64. The van der Waals surface area contributed by atoms with Crippen molar-refractivity contribution in [3.05, 3.63) is 88.9 Å². The summed E-state index contributed by atoms with van der Waals surface area (Å²) in [7, 11) is 1.55. The summed E-state index contributed by atoms with van der Waals surface area (Å²) in [6, 6.07) is 15.1. The number of nitrogens with zero attached hydrogens (tertiary/aromatic N) is 1. The molecular formula is C26H23NO6. The number of Topliss-reactive ketones (excluding diaryl/α,β-unsaturated/α-hetero) is 1. The Bertz CT molecular complexity index is 1260. The predicted octanol–water partition coefficient (Wildman–Crippen LogP) is 4.23. The van der Waals surface area contributed by atoms with Crippen molar-refractivity contribution in [1.82, 2.24) is 4.90 Å². The number of aliphatic hydroxyl groups excluding tert-OH is 1. The van der Waals surface area contributed by atoms with Crippen molar-refractivity contribution in [2.75, 3.05) is 7.11 Å². The minimum Gasteiger partial charge on any atom is -0.507 e. The van der Waals surface area contributed by atoms with Gasteiger partial charge in [0.15, 0.2) is 0 Å². The maximum atomic E-state index is 13.2. The average Bonchev–Trinajstić information content (AvgIpc) is 3.52. The van der Waals surface area contributed by atoms with Crippen LogP contribution in [0.5, 0.6) is 11.5 Å². The first-order valence-electron chi connectivity index (χ1n) is 10.7. The van der Waals surface area contributed by atoms with Gasteiger partial charge in [-0.05, 0) is 60.5 Å². The van der Waals surface area contributed by atoms with Crippen LogP contribution in [0.4, 0.5) is 0 Å². The molecule has 5 rings (SSSR count). The molecule has 2 aliphatic heterocycles. The lowest BCUT2D eigenvalue weighted by molar-refractivity contribution is -0.140. The Morgan fingerprint density at radius 1 is 1.15 bits per heavy atom. The number of likely N-dealkylation sites (tertiary alicyclic amines) is 1. The summed E-state index contributed by atoms with van der Waals surface area (Å²) in [6.07, 6.45) is 2.27. The highest BCUT2D eigenvalue weighted by Crippen LogP contribution is 2.42. The average molecular weight is 445 g/mol. The lowest BCUT2D eigenvalue weighted by Gasteiger charge is -2.24. The zero-order chi connectivity index (χ0) is 23.1. The SMILES string of the molecule is COc1cccc(C2C(=C(O)c3ccc4c(c3)CC(C)O4)C(=O)C(=O)N2Cc2ccco2)c1. The maximum absolute atomic E-state index is 13.2. The molecule has 0 aliphatic carbocycles. The fraction of sp³-hybridized carbons (Fsp3) is 0.231. The lowest BCUT2D eigenvalue weighted by atomic mass is 9.94. The number of hydrogen-bond donors (Lipinski definition) is 1. The van der Waals surface area contributed by atoms with Gasteiger partial charge in [-0.15, -0.1) is 0 Å². The fourth-order valence-electron chi connectivity index (χ4n) is 4.50. The highest BCUT2D eigenvalue weighted by molar-refractivity contribution is 6.46. The van der Waals surface area contributed by atoms with Crippen molar-refractivity contribution in [3.63, 3.8) is 0 Å². The highest BCUT2D eigenvalue weighted by Gasteiger charge is 2.46. The number of benzene rings is 2. The van der Waals surface area contributed by atoms with Crippen LogP contribution in [0.1, 0.15) is 35.4 Å². The molecule has 1 amide bonds. The molecule has 168 valence electrons. The molecule has 1 fully saturated rings. The molecule has 2 atom stereocenters. The number of carbonyl (C=O) groups is 2. The van der Waals surface area contributed by atoms with Crippen molar-refractivity contribution in [1.29, 1.82) is 0 Å². The van der Waals surface area contributed by atoms with Gasteiger partial charge in [0.25, 0.3) is 11.7 Å². The molecule has 7 heteroatoms. The smallest absolute Gasteiger partial charge is 0.296 e. The number of carbonyl (C=O) groups excluding carboxylic acids is 2. The molecule has 33 heavy (non-hydrogen) atoms. The summed E-state index contributed by atoms with van der Waals surface area (Å²) in [4.78, 5) is 27.7. The van der Waals surface area contributed by atoms with Crippen LogP contribution >= 0.6 is 0 Å². The monoisotopic (exact) mass is 445 g/mol. The van der Waals surface area contributed by atoms with E-state index in [1.54, 1.807) is 55.6 Å². The van der Waals surface area contributed by atoms with E-state index < -0.39 is 17.7 Å². The molecule has 1 saturated heterocycles. The number of aliphatic hydroxyl groups is 1. The Hall–Kier alpha value is -4.00. The molecular weight excluding hydrogens is 422 g/mol. The molecule has 0 spiro atoms. The third-order valence-electron chi connectivity index (χ3n) is 6.03. The number of furan rings is 1. The summed E-state index contributed by atoms with van der Waals surface area (Å²) in [6.45, 7) is 2.06. The molecule has 2 aliphatic rings. The largest absolute Gasteiger partial charge is 0.507 e. The summed E-state index contributed by atoms with van der Waals surface area (Å²) in [5.41, 5.74) is 2.11. The Kier molecular flexibility index (Phi) is 5.17. The second-order valence-corrected chi connectivity index (χ2v) is 8.24. The van der Waals surface area contributed by atoms with E-state index in [2.05, 4.69) is 0 Å². The third-order valence-corrected chi connectivity index (χ3v) is 6.03. The molecule has 3 aromatic rings. The quantitative estimate of drug-likeness (QED) is 0.359. The Morgan fingerprint density at radius 2 is 2.00 bits per heavy atom. The topological polar surface area (TPSA) is 89.2 Å². The summed E-state index contributed by atoms with van der Waals surface area (Å²) in [5.74, 6) is 0.233. The van der Waals surface area contributed by atoms with Crippen LogP contribution in [0.25, 0.3) is 5.76 Å². The fourth-order valence-corrected chi connectivity index (χ4v) is 4.50. The molecule has 1 aromatic heterocycles. The molecule has 2 aromatic carbocycles. The van der Waals surface area contributed by atoms with E-state index in [1.165, 1.54) is 11.2 Å². The Morgan fingerprint density at radius 3 is 2.76 bits per heavy atom. The zero-order valence-electron chi connectivity index (χ0n) is 18.3. The number of rotatable bonds is 5. The van der Waals surface area contributed by atoms with E-state index in [0.717, 1.165) is 11.3 Å². The van der Waals surface area contributed by atoms with Gasteiger partial charge in [0, 0.05) is 12.0 Å². The molecule has 0 saturated carbocycles. The van der Waals surface area contributed by atoms with Gasteiger partial charge in [-0.2, -0.15) is 0 Å². The van der Waals surface area contributed by atoms with Gasteiger partial charge in [0.05, 0.1) is 31.5 Å². The number of ketones is 1. The molecule has 0 bridgehead atoms. The number of amides is 1. The van der Waals surface area contributed by atoms with Gasteiger partial charge in [0.2, 0.25) is 0 Å². The van der Waals surface area contributed by atoms with Gasteiger partial charge in [-0.25, -0.2) is 0 Å². The first kappa shape index (κ1) is 20.9. The van der Waals surface area contributed by atoms with Crippen LogP contribution in [-0.4, -0.2) is 34.9 Å². The van der Waals surface area contributed by atoms with Crippen molar-refractivity contribution < 1.29 is 28.6 Å². The van der Waals surface area contributed by atoms with Crippen LogP contribution in [-0.2, 0) is 22.6 Å². The lowest BCUT2D eigenvalue weighted by Crippen LogP contribution is -2.29.